The number of carbonyl (C=O) groups excluding carboxylic acids is 1. The van der Waals surface area contributed by atoms with Gasteiger partial charge in [-0.25, -0.2) is 4.79 Å². The second kappa shape index (κ2) is 10.5. The van der Waals surface area contributed by atoms with Gasteiger partial charge in [0.05, 0.1) is 5.69 Å². The molecule has 1 amide bonds. The van der Waals surface area contributed by atoms with Gasteiger partial charge in [-0.05, 0) is 50.1 Å². The van der Waals surface area contributed by atoms with Crippen LogP contribution in [0, 0.1) is 0 Å². The highest BCUT2D eigenvalue weighted by Gasteiger charge is 2.26. The van der Waals surface area contributed by atoms with E-state index in [0.29, 0.717) is 25.3 Å². The number of amides is 1. The van der Waals surface area contributed by atoms with Crippen LogP contribution in [0.1, 0.15) is 45.2 Å². The number of anilines is 1. The molecule has 0 aliphatic rings. The fourth-order valence-corrected chi connectivity index (χ4v) is 3.71. The second-order valence-corrected chi connectivity index (χ2v) is 8.75. The summed E-state index contributed by atoms with van der Waals surface area (Å²) in [6.07, 6.45) is 0.771. The molecule has 0 saturated carbocycles. The molecule has 0 atom stereocenters. The van der Waals surface area contributed by atoms with Gasteiger partial charge in [0.2, 0.25) is 0 Å². The Morgan fingerprint density at radius 1 is 1.00 bits per heavy atom. The highest BCUT2D eigenvalue weighted by atomic mass is 16.6. The zero-order chi connectivity index (χ0) is 23.1. The van der Waals surface area contributed by atoms with E-state index in [1.165, 1.54) is 0 Å². The van der Waals surface area contributed by atoms with Gasteiger partial charge >= 0.3 is 6.09 Å². The van der Waals surface area contributed by atoms with Crippen LogP contribution in [0.4, 0.5) is 10.5 Å². The van der Waals surface area contributed by atoms with Crippen LogP contribution in [0.25, 0.3) is 10.8 Å². The van der Waals surface area contributed by atoms with Crippen molar-refractivity contribution in [1.82, 2.24) is 0 Å². The van der Waals surface area contributed by atoms with Gasteiger partial charge in [-0.15, -0.1) is 0 Å². The van der Waals surface area contributed by atoms with Gasteiger partial charge in [0.15, 0.2) is 0 Å². The molecule has 0 unspecified atom stereocenters. The molecule has 3 rings (SSSR count). The Kier molecular flexibility index (Phi) is 7.75. The average Bonchev–Trinajstić information content (AvgIpc) is 2.77. The number of fused-ring (bicyclic) bond motifs is 1. The first-order valence-corrected chi connectivity index (χ1v) is 11.2. The van der Waals surface area contributed by atoms with E-state index < -0.39 is 11.7 Å². The minimum atomic E-state index is -0.621. The summed E-state index contributed by atoms with van der Waals surface area (Å²) in [6.45, 7) is 8.41. The van der Waals surface area contributed by atoms with Crippen LogP contribution in [0.2, 0.25) is 0 Å². The molecule has 1 N–H and O–H groups in total. The number of aliphatic hydroxyl groups excluding tert-OH is 1. The van der Waals surface area contributed by atoms with Crippen LogP contribution in [-0.4, -0.2) is 30.0 Å². The van der Waals surface area contributed by atoms with Crippen molar-refractivity contribution >= 4 is 22.6 Å². The summed E-state index contributed by atoms with van der Waals surface area (Å²) >= 11 is 0. The Bertz CT molecular complexity index is 1040. The predicted molar refractivity (Wildman–Crippen MR) is 129 cm³/mol. The lowest BCUT2D eigenvalue weighted by atomic mass is 9.98. The molecule has 0 aromatic heterocycles. The van der Waals surface area contributed by atoms with Crippen molar-refractivity contribution in [3.05, 3.63) is 71.8 Å². The Morgan fingerprint density at radius 3 is 2.28 bits per heavy atom. The van der Waals surface area contributed by atoms with Gasteiger partial charge < -0.3 is 14.6 Å². The summed E-state index contributed by atoms with van der Waals surface area (Å²) in [4.78, 5) is 14.8. The zero-order valence-corrected chi connectivity index (χ0v) is 19.4. The summed E-state index contributed by atoms with van der Waals surface area (Å²) in [5.74, 6) is 0.717. The van der Waals surface area contributed by atoms with Crippen molar-refractivity contribution in [2.75, 3.05) is 18.1 Å². The first kappa shape index (κ1) is 23.6. The van der Waals surface area contributed by atoms with Crippen molar-refractivity contribution in [2.45, 2.75) is 52.7 Å². The lowest BCUT2D eigenvalue weighted by molar-refractivity contribution is 0.0578. The third kappa shape index (κ3) is 5.80. The summed E-state index contributed by atoms with van der Waals surface area (Å²) in [5, 5.41) is 11.5. The maximum absolute atomic E-state index is 13.1. The molecule has 5 nitrogen and oxygen atoms in total. The van der Waals surface area contributed by atoms with Gasteiger partial charge in [0, 0.05) is 24.6 Å². The number of aryl methyl sites for hydroxylation is 1. The van der Waals surface area contributed by atoms with E-state index in [0.717, 1.165) is 34.0 Å². The minimum absolute atomic E-state index is 0.00823. The quantitative estimate of drug-likeness (QED) is 0.464. The number of carbonyl (C=O) groups is 1. The van der Waals surface area contributed by atoms with Crippen molar-refractivity contribution in [3.63, 3.8) is 0 Å². The van der Waals surface area contributed by atoms with Crippen molar-refractivity contribution < 1.29 is 19.4 Å². The molecular formula is C27H33NO4. The summed E-state index contributed by atoms with van der Waals surface area (Å²) < 4.78 is 11.9. The van der Waals surface area contributed by atoms with Crippen LogP contribution >= 0.6 is 0 Å². The molecule has 0 aliphatic heterocycles. The Balaban J connectivity index is 2.09. The highest BCUT2D eigenvalue weighted by molar-refractivity contribution is 5.99. The van der Waals surface area contributed by atoms with Gasteiger partial charge in [-0.2, -0.15) is 0 Å². The van der Waals surface area contributed by atoms with Gasteiger partial charge in [0.1, 0.15) is 18.0 Å². The number of ether oxygens (including phenoxy) is 2. The summed E-state index contributed by atoms with van der Waals surface area (Å²) in [6, 6.07) is 20.0. The first-order chi connectivity index (χ1) is 15.3. The monoisotopic (exact) mass is 435 g/mol. The summed E-state index contributed by atoms with van der Waals surface area (Å²) in [5.41, 5.74) is 2.26. The minimum Gasteiger partial charge on any atom is -0.488 e. The molecular weight excluding hydrogens is 402 g/mol. The fraction of sp³-hybridized carbons (Fsp3) is 0.370. The van der Waals surface area contributed by atoms with Crippen LogP contribution < -0.4 is 9.64 Å². The van der Waals surface area contributed by atoms with Crippen LogP contribution in [0.5, 0.6) is 5.75 Å². The van der Waals surface area contributed by atoms with Crippen molar-refractivity contribution in [2.24, 2.45) is 0 Å². The van der Waals surface area contributed by atoms with E-state index in [1.807, 2.05) is 75.4 Å². The molecule has 0 radical (unpaired) electrons. The normalized spacial score (nSPS) is 11.4. The SMILES string of the molecule is CCc1c(N(CCCO)C(=O)OC(C)(C)C)cc(OCc2ccccc2)c2ccccc12. The lowest BCUT2D eigenvalue weighted by Gasteiger charge is -2.29. The van der Waals surface area contributed by atoms with E-state index in [4.69, 9.17) is 9.47 Å². The molecule has 3 aromatic carbocycles. The molecule has 3 aromatic rings. The highest BCUT2D eigenvalue weighted by Crippen LogP contribution is 2.38. The van der Waals surface area contributed by atoms with E-state index in [-0.39, 0.29) is 6.61 Å². The van der Waals surface area contributed by atoms with E-state index in [9.17, 15) is 9.90 Å². The second-order valence-electron chi connectivity index (χ2n) is 8.75. The third-order valence-electron chi connectivity index (χ3n) is 5.13. The largest absolute Gasteiger partial charge is 0.488 e. The molecule has 32 heavy (non-hydrogen) atoms. The third-order valence-corrected chi connectivity index (χ3v) is 5.13. The zero-order valence-electron chi connectivity index (χ0n) is 19.4. The molecule has 0 fully saturated rings. The number of aliphatic hydroxyl groups is 1. The van der Waals surface area contributed by atoms with E-state index >= 15 is 0 Å². The standard InChI is InChI=1S/C27H33NO4/c1-5-21-22-14-9-10-15-23(22)25(31-19-20-12-7-6-8-13-20)18-24(21)28(16-11-17-29)26(30)32-27(2,3)4/h6-10,12-15,18,29H,5,11,16-17,19H2,1-4H3. The van der Waals surface area contributed by atoms with Crippen LogP contribution in [-0.2, 0) is 17.8 Å². The number of hydrogen-bond donors (Lipinski definition) is 1. The van der Waals surface area contributed by atoms with Crippen LogP contribution in [0.3, 0.4) is 0 Å². The van der Waals surface area contributed by atoms with Crippen molar-refractivity contribution in [1.29, 1.82) is 0 Å². The maximum atomic E-state index is 13.1. The van der Waals surface area contributed by atoms with Gasteiger partial charge in [0.25, 0.3) is 0 Å². The lowest BCUT2D eigenvalue weighted by Crippen LogP contribution is -2.38. The van der Waals surface area contributed by atoms with E-state index in [1.54, 1.807) is 4.90 Å². The number of nitrogens with zero attached hydrogens (tertiary/aromatic N) is 1. The smallest absolute Gasteiger partial charge is 0.414 e. The van der Waals surface area contributed by atoms with Gasteiger partial charge in [-0.1, -0.05) is 61.5 Å². The maximum Gasteiger partial charge on any atom is 0.414 e. The first-order valence-electron chi connectivity index (χ1n) is 11.2. The Labute approximate surface area is 190 Å². The molecule has 0 bridgehead atoms. The van der Waals surface area contributed by atoms with Crippen molar-refractivity contribution in [3.8, 4) is 5.75 Å². The Morgan fingerprint density at radius 2 is 1.66 bits per heavy atom. The molecule has 0 saturated heterocycles. The van der Waals surface area contributed by atoms with E-state index in [2.05, 4.69) is 13.0 Å². The average molecular weight is 436 g/mol. The molecule has 0 spiro atoms. The number of rotatable bonds is 8. The topological polar surface area (TPSA) is 59.0 Å². The number of hydrogen-bond acceptors (Lipinski definition) is 4. The predicted octanol–water partition coefficient (Wildman–Crippen LogP) is 6.11. The summed E-state index contributed by atoms with van der Waals surface area (Å²) in [7, 11) is 0. The molecule has 170 valence electrons. The number of benzene rings is 3. The Hall–Kier alpha value is -3.05. The fourth-order valence-electron chi connectivity index (χ4n) is 3.71. The van der Waals surface area contributed by atoms with Gasteiger partial charge in [-0.3, -0.25) is 4.90 Å². The molecule has 0 heterocycles. The molecule has 5 heteroatoms. The molecule has 0 aliphatic carbocycles. The van der Waals surface area contributed by atoms with Crippen LogP contribution in [0.15, 0.2) is 60.7 Å².